The van der Waals surface area contributed by atoms with Crippen molar-refractivity contribution in [1.29, 1.82) is 0 Å². The molecule has 0 spiro atoms. The van der Waals surface area contributed by atoms with Crippen molar-refractivity contribution in [1.82, 2.24) is 5.32 Å². The van der Waals surface area contributed by atoms with E-state index in [-0.39, 0.29) is 0 Å². The van der Waals surface area contributed by atoms with Crippen molar-refractivity contribution in [3.63, 3.8) is 0 Å². The largest absolute Gasteiger partial charge is 0.399 e. The fourth-order valence-corrected chi connectivity index (χ4v) is 2.60. The van der Waals surface area contributed by atoms with Crippen LogP contribution in [0, 0.1) is 0 Å². The maximum absolute atomic E-state index is 5.80. The van der Waals surface area contributed by atoms with Crippen LogP contribution in [0.3, 0.4) is 0 Å². The Bertz CT molecular complexity index is 319. The number of hydrogen-bond donors (Lipinski definition) is 2. The van der Waals surface area contributed by atoms with Gasteiger partial charge >= 0.3 is 0 Å². The molecule has 18 heavy (non-hydrogen) atoms. The second-order valence-electron chi connectivity index (χ2n) is 4.84. The molecule has 1 aromatic rings. The minimum Gasteiger partial charge on any atom is -0.399 e. The molecular formula is C15H25BrN2. The lowest BCUT2D eigenvalue weighted by molar-refractivity contribution is 0.572. The van der Waals surface area contributed by atoms with Crippen LogP contribution < -0.4 is 11.1 Å². The van der Waals surface area contributed by atoms with Crippen molar-refractivity contribution >= 4 is 21.6 Å². The molecule has 0 aliphatic rings. The summed E-state index contributed by atoms with van der Waals surface area (Å²) < 4.78 is 1.05. The Labute approximate surface area is 119 Å². The molecule has 0 heterocycles. The van der Waals surface area contributed by atoms with E-state index in [1.807, 2.05) is 12.1 Å². The third kappa shape index (κ3) is 7.02. The van der Waals surface area contributed by atoms with Crippen molar-refractivity contribution in [2.45, 2.75) is 52.0 Å². The molecule has 1 aromatic carbocycles. The average Bonchev–Trinajstić information content (AvgIpc) is 2.31. The number of nitrogen functional groups attached to an aromatic ring is 1. The van der Waals surface area contributed by atoms with Crippen LogP contribution in [0.15, 0.2) is 22.7 Å². The number of hydrogen-bond acceptors (Lipinski definition) is 2. The van der Waals surface area contributed by atoms with Gasteiger partial charge in [-0.2, -0.15) is 0 Å². The van der Waals surface area contributed by atoms with Crippen molar-refractivity contribution in [2.24, 2.45) is 0 Å². The second-order valence-corrected chi connectivity index (χ2v) is 5.75. The third-order valence-corrected chi connectivity index (χ3v) is 3.47. The van der Waals surface area contributed by atoms with E-state index in [2.05, 4.69) is 34.2 Å². The van der Waals surface area contributed by atoms with Gasteiger partial charge in [-0.25, -0.2) is 0 Å². The number of benzene rings is 1. The summed E-state index contributed by atoms with van der Waals surface area (Å²) in [6.07, 6.45) is 8.08. The molecule has 0 unspecified atom stereocenters. The average molecular weight is 313 g/mol. The zero-order valence-electron chi connectivity index (χ0n) is 11.3. The maximum atomic E-state index is 5.80. The molecule has 0 aliphatic carbocycles. The first kappa shape index (κ1) is 15.5. The summed E-state index contributed by atoms with van der Waals surface area (Å²) in [6, 6.07) is 6.07. The van der Waals surface area contributed by atoms with E-state index in [4.69, 9.17) is 5.73 Å². The van der Waals surface area contributed by atoms with Crippen LogP contribution in [0.2, 0.25) is 0 Å². The van der Waals surface area contributed by atoms with Gasteiger partial charge in [-0.1, -0.05) is 55.0 Å². The molecule has 0 atom stereocenters. The van der Waals surface area contributed by atoms with E-state index < -0.39 is 0 Å². The van der Waals surface area contributed by atoms with Gasteiger partial charge in [0.05, 0.1) is 0 Å². The Hall–Kier alpha value is -0.540. The van der Waals surface area contributed by atoms with E-state index in [0.29, 0.717) is 0 Å². The zero-order valence-corrected chi connectivity index (χ0v) is 12.9. The summed E-state index contributed by atoms with van der Waals surface area (Å²) in [6.45, 7) is 4.25. The molecular weight excluding hydrogens is 288 g/mol. The van der Waals surface area contributed by atoms with Crippen molar-refractivity contribution in [2.75, 3.05) is 12.3 Å². The lowest BCUT2D eigenvalue weighted by atomic mass is 10.1. The highest BCUT2D eigenvalue weighted by molar-refractivity contribution is 9.10. The minimum atomic E-state index is 0.820. The normalized spacial score (nSPS) is 10.8. The lowest BCUT2D eigenvalue weighted by Crippen LogP contribution is -2.14. The van der Waals surface area contributed by atoms with Crippen molar-refractivity contribution in [3.8, 4) is 0 Å². The highest BCUT2D eigenvalue weighted by atomic mass is 79.9. The summed E-state index contributed by atoms with van der Waals surface area (Å²) >= 11 is 3.46. The van der Waals surface area contributed by atoms with Gasteiger partial charge in [0.1, 0.15) is 0 Å². The van der Waals surface area contributed by atoms with Crippen molar-refractivity contribution < 1.29 is 0 Å². The van der Waals surface area contributed by atoms with E-state index >= 15 is 0 Å². The number of anilines is 1. The fraction of sp³-hybridized carbons (Fsp3) is 0.600. The van der Waals surface area contributed by atoms with E-state index in [9.17, 15) is 0 Å². The fourth-order valence-electron chi connectivity index (χ4n) is 2.04. The SMILES string of the molecule is CCCCCCCCNCc1cc(N)cc(Br)c1. The first-order valence-corrected chi connectivity index (χ1v) is 7.77. The first-order valence-electron chi connectivity index (χ1n) is 6.98. The van der Waals surface area contributed by atoms with Gasteiger partial charge in [0.2, 0.25) is 0 Å². The topological polar surface area (TPSA) is 38.0 Å². The standard InChI is InChI=1S/C15H25BrN2/c1-2-3-4-5-6-7-8-18-12-13-9-14(16)11-15(17)10-13/h9-11,18H,2-8,12,17H2,1H3. The molecule has 0 aromatic heterocycles. The smallest absolute Gasteiger partial charge is 0.0328 e. The summed E-state index contributed by atoms with van der Waals surface area (Å²) in [5.74, 6) is 0. The van der Waals surface area contributed by atoms with Crippen molar-refractivity contribution in [3.05, 3.63) is 28.2 Å². The summed E-state index contributed by atoms with van der Waals surface area (Å²) in [5, 5.41) is 3.47. The Morgan fingerprint density at radius 3 is 2.50 bits per heavy atom. The highest BCUT2D eigenvalue weighted by Gasteiger charge is 1.97. The van der Waals surface area contributed by atoms with Gasteiger partial charge in [-0.05, 0) is 36.7 Å². The Morgan fingerprint density at radius 2 is 1.78 bits per heavy atom. The summed E-state index contributed by atoms with van der Waals surface area (Å²) in [4.78, 5) is 0. The molecule has 3 N–H and O–H groups in total. The molecule has 102 valence electrons. The van der Waals surface area contributed by atoms with Crippen LogP contribution in [0.5, 0.6) is 0 Å². The monoisotopic (exact) mass is 312 g/mol. The molecule has 0 amide bonds. The summed E-state index contributed by atoms with van der Waals surface area (Å²) in [7, 11) is 0. The lowest BCUT2D eigenvalue weighted by Gasteiger charge is -2.06. The van der Waals surface area contributed by atoms with Gasteiger partial charge in [-0.15, -0.1) is 0 Å². The molecule has 0 saturated carbocycles. The number of nitrogens with one attached hydrogen (secondary N) is 1. The van der Waals surface area contributed by atoms with E-state index in [0.717, 1.165) is 23.2 Å². The predicted molar refractivity (Wildman–Crippen MR) is 83.6 cm³/mol. The Balaban J connectivity index is 2.07. The van der Waals surface area contributed by atoms with Gasteiger partial charge < -0.3 is 11.1 Å². The van der Waals surface area contributed by atoms with Crippen LogP contribution in [-0.2, 0) is 6.54 Å². The van der Waals surface area contributed by atoms with Gasteiger partial charge in [0.15, 0.2) is 0 Å². The number of halogens is 1. The molecule has 0 radical (unpaired) electrons. The quantitative estimate of drug-likeness (QED) is 0.521. The van der Waals surface area contributed by atoms with Gasteiger partial charge in [0.25, 0.3) is 0 Å². The molecule has 0 bridgehead atoms. The maximum Gasteiger partial charge on any atom is 0.0328 e. The van der Waals surface area contributed by atoms with E-state index in [1.54, 1.807) is 0 Å². The van der Waals surface area contributed by atoms with Crippen LogP contribution in [0.4, 0.5) is 5.69 Å². The third-order valence-electron chi connectivity index (χ3n) is 3.02. The molecule has 3 heteroatoms. The molecule has 0 fully saturated rings. The zero-order chi connectivity index (χ0) is 13.2. The predicted octanol–water partition coefficient (Wildman–Crippen LogP) is 4.48. The number of unbranched alkanes of at least 4 members (excludes halogenated alkanes) is 5. The first-order chi connectivity index (χ1) is 8.72. The number of nitrogens with two attached hydrogens (primary N) is 1. The minimum absolute atomic E-state index is 0.820. The molecule has 0 aliphatic heterocycles. The van der Waals surface area contributed by atoms with Crippen LogP contribution in [0.1, 0.15) is 51.0 Å². The van der Waals surface area contributed by atoms with Crippen LogP contribution in [0.25, 0.3) is 0 Å². The second kappa shape index (κ2) is 9.40. The number of rotatable bonds is 9. The van der Waals surface area contributed by atoms with E-state index in [1.165, 1.54) is 44.1 Å². The van der Waals surface area contributed by atoms with Gasteiger partial charge in [-0.3, -0.25) is 0 Å². The Morgan fingerprint density at radius 1 is 1.06 bits per heavy atom. The Kier molecular flexibility index (Phi) is 8.10. The van der Waals surface area contributed by atoms with Crippen LogP contribution in [-0.4, -0.2) is 6.54 Å². The molecule has 2 nitrogen and oxygen atoms in total. The summed E-state index contributed by atoms with van der Waals surface area (Å²) in [5.41, 5.74) is 7.86. The highest BCUT2D eigenvalue weighted by Crippen LogP contribution is 2.17. The molecule has 0 saturated heterocycles. The molecule has 1 rings (SSSR count). The van der Waals surface area contributed by atoms with Crippen LogP contribution >= 0.6 is 15.9 Å². The van der Waals surface area contributed by atoms with Gasteiger partial charge in [0, 0.05) is 16.7 Å².